The minimum atomic E-state index is -1.04. The van der Waals surface area contributed by atoms with Crippen molar-refractivity contribution in [3.63, 3.8) is 0 Å². The van der Waals surface area contributed by atoms with Crippen LogP contribution in [0.4, 0.5) is 4.79 Å². The summed E-state index contributed by atoms with van der Waals surface area (Å²) in [5.41, 5.74) is 1.90. The summed E-state index contributed by atoms with van der Waals surface area (Å²) >= 11 is 0. The Kier molecular flexibility index (Phi) is 12.0. The average Bonchev–Trinajstić information content (AvgIpc) is 2.87. The number of phenols is 1. The lowest BCUT2D eigenvalue weighted by molar-refractivity contribution is -0.149. The van der Waals surface area contributed by atoms with E-state index in [9.17, 15) is 19.5 Å². The molecule has 0 aromatic heterocycles. The van der Waals surface area contributed by atoms with Crippen LogP contribution in [0.15, 0.2) is 42.5 Å². The summed E-state index contributed by atoms with van der Waals surface area (Å²) in [6.45, 7) is 19.1. The van der Waals surface area contributed by atoms with Gasteiger partial charge in [0.05, 0.1) is 0 Å². The Labute approximate surface area is 252 Å². The summed E-state index contributed by atoms with van der Waals surface area (Å²) in [6, 6.07) is 10.3. The van der Waals surface area contributed by atoms with Gasteiger partial charge in [-0.05, 0) is 97.1 Å². The van der Waals surface area contributed by atoms with Gasteiger partial charge in [0.2, 0.25) is 11.8 Å². The number of carbonyl (C=O) groups is 3. The zero-order valence-corrected chi connectivity index (χ0v) is 27.1. The third-order valence-electron chi connectivity index (χ3n) is 7.46. The van der Waals surface area contributed by atoms with Crippen LogP contribution >= 0.6 is 0 Å². The van der Waals surface area contributed by atoms with E-state index in [4.69, 9.17) is 4.74 Å². The minimum absolute atomic E-state index is 0.0786. The molecule has 8 nitrogen and oxygen atoms in total. The lowest BCUT2D eigenvalue weighted by Gasteiger charge is -2.45. The van der Waals surface area contributed by atoms with Gasteiger partial charge in [0, 0.05) is 18.0 Å². The molecule has 2 rings (SSSR count). The lowest BCUT2D eigenvalue weighted by atomic mass is 9.89. The molecular formula is C34H51N3O5. The van der Waals surface area contributed by atoms with Crippen LogP contribution in [0, 0.1) is 13.8 Å². The molecule has 2 aromatic carbocycles. The van der Waals surface area contributed by atoms with Crippen LogP contribution in [0.1, 0.15) is 103 Å². The molecule has 232 valence electrons. The topological polar surface area (TPSA) is 108 Å². The monoisotopic (exact) mass is 581 g/mol. The summed E-state index contributed by atoms with van der Waals surface area (Å²) < 4.78 is 5.53. The first-order valence-electron chi connectivity index (χ1n) is 15.0. The molecule has 3 unspecified atom stereocenters. The highest BCUT2D eigenvalue weighted by molar-refractivity contribution is 5.93. The van der Waals surface area contributed by atoms with E-state index < -0.39 is 35.2 Å². The van der Waals surface area contributed by atoms with Crippen molar-refractivity contribution in [2.75, 3.05) is 0 Å². The number of carbonyl (C=O) groups excluding carboxylic acids is 3. The quantitative estimate of drug-likeness (QED) is 0.265. The van der Waals surface area contributed by atoms with Crippen molar-refractivity contribution in [3.8, 4) is 5.75 Å². The maximum atomic E-state index is 14.8. The number of nitrogens with zero attached hydrogens (tertiary/aromatic N) is 1. The normalized spacial score (nSPS) is 14.0. The highest BCUT2D eigenvalue weighted by Crippen LogP contribution is 2.34. The van der Waals surface area contributed by atoms with Crippen molar-refractivity contribution >= 4 is 17.9 Å². The van der Waals surface area contributed by atoms with Gasteiger partial charge in [0.15, 0.2) is 0 Å². The van der Waals surface area contributed by atoms with Gasteiger partial charge in [0.1, 0.15) is 23.4 Å². The Bertz CT molecular complexity index is 1220. The van der Waals surface area contributed by atoms with E-state index in [-0.39, 0.29) is 24.1 Å². The van der Waals surface area contributed by atoms with Crippen LogP contribution in [-0.2, 0) is 20.7 Å². The number of aromatic hydroxyl groups is 1. The molecule has 3 atom stereocenters. The molecule has 0 spiro atoms. The van der Waals surface area contributed by atoms with E-state index in [1.807, 2.05) is 59.7 Å². The Morgan fingerprint density at radius 3 is 2.10 bits per heavy atom. The maximum absolute atomic E-state index is 14.8. The molecular weight excluding hydrogens is 530 g/mol. The second-order valence-electron chi connectivity index (χ2n) is 12.9. The summed E-state index contributed by atoms with van der Waals surface area (Å²) in [7, 11) is 0. The molecule has 2 aromatic rings. The summed E-state index contributed by atoms with van der Waals surface area (Å²) in [6.07, 6.45) is 1.70. The first-order chi connectivity index (χ1) is 19.5. The molecule has 0 radical (unpaired) electrons. The van der Waals surface area contributed by atoms with Crippen LogP contribution in [0.5, 0.6) is 5.75 Å². The molecule has 0 aliphatic rings. The van der Waals surface area contributed by atoms with Gasteiger partial charge >= 0.3 is 6.09 Å². The van der Waals surface area contributed by atoms with Crippen LogP contribution in [0.2, 0.25) is 0 Å². The molecule has 8 heteroatoms. The van der Waals surface area contributed by atoms with Gasteiger partial charge in [-0.25, -0.2) is 4.79 Å². The van der Waals surface area contributed by atoms with Gasteiger partial charge in [0.25, 0.3) is 0 Å². The third kappa shape index (κ3) is 9.78. The number of phenolic OH excluding ortho intramolecular Hbond substituents is 1. The zero-order chi connectivity index (χ0) is 31.8. The Balaban J connectivity index is 2.71. The smallest absolute Gasteiger partial charge is 0.408 e. The first-order valence-corrected chi connectivity index (χ1v) is 15.0. The molecule has 0 saturated carbocycles. The second kappa shape index (κ2) is 14.6. The largest absolute Gasteiger partial charge is 0.508 e. The number of aryl methyl sites for hydroxylation is 2. The Morgan fingerprint density at radius 2 is 1.57 bits per heavy atom. The van der Waals surface area contributed by atoms with Gasteiger partial charge in [-0.15, -0.1) is 0 Å². The minimum Gasteiger partial charge on any atom is -0.508 e. The molecule has 42 heavy (non-hydrogen) atoms. The zero-order valence-electron chi connectivity index (χ0n) is 27.1. The molecule has 0 heterocycles. The second-order valence-corrected chi connectivity index (χ2v) is 12.9. The number of rotatable bonds is 12. The summed E-state index contributed by atoms with van der Waals surface area (Å²) in [5, 5.41) is 15.7. The van der Waals surface area contributed by atoms with E-state index >= 15 is 0 Å². The van der Waals surface area contributed by atoms with E-state index in [1.165, 1.54) is 0 Å². The highest BCUT2D eigenvalue weighted by Gasteiger charge is 2.43. The molecule has 0 aliphatic carbocycles. The fourth-order valence-corrected chi connectivity index (χ4v) is 4.99. The van der Waals surface area contributed by atoms with Gasteiger partial charge in [-0.3, -0.25) is 9.59 Å². The number of amides is 3. The lowest BCUT2D eigenvalue weighted by Crippen LogP contribution is -2.60. The van der Waals surface area contributed by atoms with Crippen molar-refractivity contribution in [1.29, 1.82) is 0 Å². The van der Waals surface area contributed by atoms with Gasteiger partial charge in [-0.1, -0.05) is 56.2 Å². The number of nitrogens with one attached hydrogen (secondary N) is 2. The first kappa shape index (κ1) is 34.7. The van der Waals surface area contributed by atoms with Crippen molar-refractivity contribution < 1.29 is 24.2 Å². The van der Waals surface area contributed by atoms with Crippen LogP contribution in [-0.4, -0.2) is 51.1 Å². The Hall–Kier alpha value is -3.55. The van der Waals surface area contributed by atoms with Crippen molar-refractivity contribution in [3.05, 3.63) is 64.7 Å². The molecule has 0 bridgehead atoms. The Morgan fingerprint density at radius 1 is 0.952 bits per heavy atom. The molecule has 0 saturated heterocycles. The SMILES string of the molecule is CCCC(C)NC(=O)C(c1ccc(C)cc1C)N(C(=O)C(Cc1ccc(O)cc1)NC(=O)OC(C)(C)C)C(C)(C)CC. The van der Waals surface area contributed by atoms with E-state index in [0.29, 0.717) is 6.42 Å². The number of alkyl carbamates (subject to hydrolysis) is 1. The summed E-state index contributed by atoms with van der Waals surface area (Å²) in [4.78, 5) is 43.6. The van der Waals surface area contributed by atoms with E-state index in [2.05, 4.69) is 17.6 Å². The predicted octanol–water partition coefficient (Wildman–Crippen LogP) is 6.51. The molecule has 3 amide bonds. The van der Waals surface area contributed by atoms with Crippen LogP contribution in [0.3, 0.4) is 0 Å². The molecule has 0 fully saturated rings. The van der Waals surface area contributed by atoms with Crippen LogP contribution < -0.4 is 10.6 Å². The molecule has 0 aliphatic heterocycles. The summed E-state index contributed by atoms with van der Waals surface area (Å²) in [5.74, 6) is -0.564. The average molecular weight is 582 g/mol. The van der Waals surface area contributed by atoms with Crippen molar-refractivity contribution in [1.82, 2.24) is 15.5 Å². The number of hydrogen-bond acceptors (Lipinski definition) is 5. The number of benzene rings is 2. The predicted molar refractivity (Wildman–Crippen MR) is 167 cm³/mol. The maximum Gasteiger partial charge on any atom is 0.408 e. The molecule has 3 N–H and O–H groups in total. The van der Waals surface area contributed by atoms with Crippen molar-refractivity contribution in [2.24, 2.45) is 0 Å². The van der Waals surface area contributed by atoms with Crippen molar-refractivity contribution in [2.45, 2.75) is 124 Å². The van der Waals surface area contributed by atoms with E-state index in [0.717, 1.165) is 35.1 Å². The van der Waals surface area contributed by atoms with E-state index in [1.54, 1.807) is 49.9 Å². The van der Waals surface area contributed by atoms with Crippen LogP contribution in [0.25, 0.3) is 0 Å². The fourth-order valence-electron chi connectivity index (χ4n) is 4.99. The third-order valence-corrected chi connectivity index (χ3v) is 7.46. The highest BCUT2D eigenvalue weighted by atomic mass is 16.6. The number of ether oxygens (including phenoxy) is 1. The van der Waals surface area contributed by atoms with Gasteiger partial charge in [-0.2, -0.15) is 0 Å². The fraction of sp³-hybridized carbons (Fsp3) is 0.559. The standard InChI is InChI=1S/C34H51N3O5/c1-11-13-24(5)35-30(39)29(27-19-14-22(3)20-23(27)4)37(34(9,10)12-2)31(40)28(36-32(41)42-33(6,7)8)21-25-15-17-26(38)18-16-25/h14-20,24,28-29,38H,11-13,21H2,1-10H3,(H,35,39)(H,36,41). The van der Waals surface area contributed by atoms with Gasteiger partial charge < -0.3 is 25.4 Å². The number of hydrogen-bond donors (Lipinski definition) is 3.